The number of nitrogens with zero attached hydrogens (tertiary/aromatic N) is 1. The first-order chi connectivity index (χ1) is 16.5. The van der Waals surface area contributed by atoms with Crippen molar-refractivity contribution in [2.45, 2.75) is 111 Å². The molecule has 1 aliphatic heterocycles. The lowest BCUT2D eigenvalue weighted by atomic mass is 9.83. The molecule has 0 bridgehead atoms. The van der Waals surface area contributed by atoms with Crippen molar-refractivity contribution in [3.05, 3.63) is 47.3 Å². The van der Waals surface area contributed by atoms with Crippen molar-refractivity contribution in [1.29, 1.82) is 0 Å². The number of likely N-dealkylation sites (N-methyl/N-ethyl adjacent to an activating group) is 2. The van der Waals surface area contributed by atoms with Crippen LogP contribution < -0.4 is 10.0 Å². The minimum absolute atomic E-state index is 0.691. The Morgan fingerprint density at radius 1 is 1.09 bits per heavy atom. The molecule has 0 amide bonds. The Balaban J connectivity index is 0.000000517. The molecule has 0 aromatic carbocycles. The lowest BCUT2D eigenvalue weighted by molar-refractivity contribution is 0.326. The lowest BCUT2D eigenvalue weighted by Gasteiger charge is -2.36. The predicted molar refractivity (Wildman–Crippen MR) is 158 cm³/mol. The molecule has 1 saturated carbocycles. The molecular weight excluding hydrogens is 434 g/mol. The van der Waals surface area contributed by atoms with Gasteiger partial charge in [-0.25, -0.2) is 0 Å². The summed E-state index contributed by atoms with van der Waals surface area (Å²) in [7, 11) is 6.38. The highest BCUT2D eigenvalue weighted by Gasteiger charge is 2.36. The van der Waals surface area contributed by atoms with Crippen LogP contribution in [0.3, 0.4) is 0 Å². The molecule has 0 saturated heterocycles. The van der Waals surface area contributed by atoms with Crippen molar-refractivity contribution in [1.82, 2.24) is 14.9 Å². The van der Waals surface area contributed by atoms with Gasteiger partial charge in [0.15, 0.2) is 0 Å². The van der Waals surface area contributed by atoms with Crippen LogP contribution in [0, 0.1) is 11.8 Å². The van der Waals surface area contributed by atoms with Gasteiger partial charge in [-0.05, 0) is 81.9 Å². The van der Waals surface area contributed by atoms with Crippen LogP contribution in [0.2, 0.25) is 0 Å². The first kappa shape index (κ1) is 32.9. The van der Waals surface area contributed by atoms with E-state index in [1.807, 2.05) is 53.6 Å². The highest BCUT2D eigenvalue weighted by molar-refractivity contribution is 7.98. The lowest BCUT2D eigenvalue weighted by Crippen LogP contribution is -2.35. The van der Waals surface area contributed by atoms with Gasteiger partial charge in [0.2, 0.25) is 0 Å². The van der Waals surface area contributed by atoms with Crippen LogP contribution in [0.15, 0.2) is 47.3 Å². The van der Waals surface area contributed by atoms with Gasteiger partial charge >= 0.3 is 0 Å². The number of allylic oxidation sites excluding steroid dienone is 4. The van der Waals surface area contributed by atoms with E-state index in [-0.39, 0.29) is 0 Å². The molecule has 3 nitrogen and oxygen atoms in total. The van der Waals surface area contributed by atoms with E-state index in [0.717, 1.165) is 11.8 Å². The maximum absolute atomic E-state index is 3.46. The van der Waals surface area contributed by atoms with E-state index in [0.29, 0.717) is 11.3 Å². The Hall–Kier alpha value is -1.13. The number of nitrogens with one attached hydrogen (secondary N) is 2. The topological polar surface area (TPSA) is 27.3 Å². The van der Waals surface area contributed by atoms with Gasteiger partial charge in [-0.15, -0.1) is 6.58 Å². The molecule has 0 aromatic rings. The van der Waals surface area contributed by atoms with Crippen molar-refractivity contribution < 1.29 is 0 Å². The minimum Gasteiger partial charge on any atom is -0.388 e. The van der Waals surface area contributed by atoms with Crippen LogP contribution in [-0.2, 0) is 0 Å². The summed E-state index contributed by atoms with van der Waals surface area (Å²) in [5, 5.41) is 4.15. The fourth-order valence-electron chi connectivity index (χ4n) is 5.45. The first-order valence-electron chi connectivity index (χ1n) is 14.0. The summed E-state index contributed by atoms with van der Waals surface area (Å²) in [5.74, 6) is 1.67. The van der Waals surface area contributed by atoms with Gasteiger partial charge in [-0.1, -0.05) is 78.1 Å². The zero-order valence-corrected chi connectivity index (χ0v) is 25.1. The quantitative estimate of drug-likeness (QED) is 0.304. The van der Waals surface area contributed by atoms with Crippen molar-refractivity contribution in [3.63, 3.8) is 0 Å². The molecule has 4 rings (SSSR count). The summed E-state index contributed by atoms with van der Waals surface area (Å²) in [6.07, 6.45) is 17.1. The summed E-state index contributed by atoms with van der Waals surface area (Å²) in [6, 6.07) is 0.712. The van der Waals surface area contributed by atoms with Crippen molar-refractivity contribution in [2.75, 3.05) is 21.1 Å². The Bertz CT molecular complexity index is 649. The molecule has 1 heterocycles. The molecule has 34 heavy (non-hydrogen) atoms. The normalized spacial score (nSPS) is 26.4. The zero-order chi connectivity index (χ0) is 26.1. The van der Waals surface area contributed by atoms with Crippen LogP contribution in [0.1, 0.15) is 99.8 Å². The smallest absolute Gasteiger partial charge is 0.0519 e. The Labute approximate surface area is 218 Å². The van der Waals surface area contributed by atoms with E-state index in [1.165, 1.54) is 57.1 Å². The van der Waals surface area contributed by atoms with E-state index < -0.39 is 0 Å². The predicted octanol–water partition coefficient (Wildman–Crippen LogP) is 8.49. The Morgan fingerprint density at radius 2 is 1.74 bits per heavy atom. The van der Waals surface area contributed by atoms with Crippen LogP contribution in [0.4, 0.5) is 0 Å². The molecular formula is C30H57N3S. The molecule has 1 fully saturated rings. The molecule has 0 spiro atoms. The second kappa shape index (κ2) is 19.1. The van der Waals surface area contributed by atoms with Crippen LogP contribution in [-0.4, -0.2) is 37.3 Å². The van der Waals surface area contributed by atoms with E-state index in [9.17, 15) is 0 Å². The van der Waals surface area contributed by atoms with Crippen LogP contribution >= 0.6 is 11.9 Å². The summed E-state index contributed by atoms with van der Waals surface area (Å²) in [4.78, 5) is 2.56. The van der Waals surface area contributed by atoms with Gasteiger partial charge < -0.3 is 10.2 Å². The van der Waals surface area contributed by atoms with E-state index in [1.54, 1.807) is 22.9 Å². The maximum atomic E-state index is 3.46. The number of hydrogen-bond acceptors (Lipinski definition) is 4. The average molecular weight is 492 g/mol. The van der Waals surface area contributed by atoms with Crippen LogP contribution in [0.5, 0.6) is 0 Å². The molecule has 4 aliphatic rings. The highest BCUT2D eigenvalue weighted by atomic mass is 32.2. The molecule has 2 N–H and O–H groups in total. The number of rotatable bonds is 4. The van der Waals surface area contributed by atoms with Gasteiger partial charge in [0.1, 0.15) is 0 Å². The second-order valence-corrected chi connectivity index (χ2v) is 10.1. The van der Waals surface area contributed by atoms with Crippen molar-refractivity contribution >= 4 is 11.9 Å². The zero-order valence-electron chi connectivity index (χ0n) is 24.3. The van der Waals surface area contributed by atoms with Gasteiger partial charge in [0, 0.05) is 30.7 Å². The molecule has 0 radical (unpaired) electrons. The SMILES string of the molecule is C=CC.CC.CC.CCC1CC(SNC)C=CC1C.CNC1=C2CCCC2N(C)C2=C1CCC2. The summed E-state index contributed by atoms with van der Waals surface area (Å²) in [6.45, 7) is 17.9. The first-order valence-corrected chi connectivity index (χ1v) is 14.8. The molecule has 0 aromatic heterocycles. The molecule has 4 atom stereocenters. The minimum atomic E-state index is 0.691. The fraction of sp³-hybridized carbons (Fsp3) is 0.733. The van der Waals surface area contributed by atoms with Gasteiger partial charge in [0.25, 0.3) is 0 Å². The summed E-state index contributed by atoms with van der Waals surface area (Å²) < 4.78 is 3.16. The fourth-order valence-corrected chi connectivity index (χ4v) is 6.27. The third-order valence-electron chi connectivity index (χ3n) is 6.98. The molecule has 4 heteroatoms. The third-order valence-corrected chi connectivity index (χ3v) is 7.87. The van der Waals surface area contributed by atoms with Gasteiger partial charge in [-0.2, -0.15) is 0 Å². The Kier molecular flexibility index (Phi) is 18.5. The monoisotopic (exact) mass is 491 g/mol. The molecule has 198 valence electrons. The maximum Gasteiger partial charge on any atom is 0.0519 e. The highest BCUT2D eigenvalue weighted by Crippen LogP contribution is 2.44. The largest absolute Gasteiger partial charge is 0.388 e. The van der Waals surface area contributed by atoms with Gasteiger partial charge in [-0.3, -0.25) is 4.72 Å². The van der Waals surface area contributed by atoms with E-state index in [2.05, 4.69) is 61.6 Å². The molecule has 3 aliphatic carbocycles. The Morgan fingerprint density at radius 3 is 2.29 bits per heavy atom. The van der Waals surface area contributed by atoms with Gasteiger partial charge in [0.05, 0.1) is 6.04 Å². The standard InChI is InChI=1S/C13H20N2.C10H19NS.C3H6.2C2H6/c1-14-13-9-5-3-7-11(9)15(2)12-8-4-6-10(12)13;1-4-9-7-10(12-11-3)6-5-8(9)2;1-3-2;2*1-2/h11,14H,3-8H2,1-2H3;5-6,8-11H,4,7H2,1-3H3;3H,1H2,2H3;2*1-2H3. The molecule has 4 unspecified atom stereocenters. The third kappa shape index (κ3) is 9.15. The summed E-state index contributed by atoms with van der Waals surface area (Å²) >= 11 is 1.84. The van der Waals surface area contributed by atoms with Crippen molar-refractivity contribution in [2.24, 2.45) is 11.8 Å². The average Bonchev–Trinajstić information content (AvgIpc) is 3.55. The van der Waals surface area contributed by atoms with Crippen LogP contribution in [0.25, 0.3) is 0 Å². The van der Waals surface area contributed by atoms with Crippen molar-refractivity contribution in [3.8, 4) is 0 Å². The van der Waals surface area contributed by atoms with E-state index >= 15 is 0 Å². The number of hydrogen-bond donors (Lipinski definition) is 2. The second-order valence-electron chi connectivity index (χ2n) is 8.86. The van der Waals surface area contributed by atoms with E-state index in [4.69, 9.17) is 0 Å². The number of fused-ring (bicyclic) bond motifs is 1. The summed E-state index contributed by atoms with van der Waals surface area (Å²) in [5.41, 5.74) is 6.42.